The Morgan fingerprint density at radius 1 is 1.52 bits per heavy atom. The highest BCUT2D eigenvalue weighted by atomic mass is 32.2. The second-order valence-electron chi connectivity index (χ2n) is 5.29. The molecule has 1 aromatic rings. The van der Waals surface area contributed by atoms with Crippen LogP contribution in [-0.2, 0) is 0 Å². The molecule has 2 rings (SSSR count). The minimum Gasteiger partial charge on any atom is -0.382 e. The van der Waals surface area contributed by atoms with Crippen LogP contribution in [0.5, 0.6) is 0 Å². The average Bonchev–Trinajstić information content (AvgIpc) is 2.91. The van der Waals surface area contributed by atoms with Crippen molar-refractivity contribution >= 4 is 29.0 Å². The number of rotatable bonds is 5. The van der Waals surface area contributed by atoms with Crippen LogP contribution < -0.4 is 10.6 Å². The van der Waals surface area contributed by atoms with E-state index in [9.17, 15) is 14.9 Å². The highest BCUT2D eigenvalue weighted by Crippen LogP contribution is 2.37. The lowest BCUT2D eigenvalue weighted by molar-refractivity contribution is -0.384. The maximum absolute atomic E-state index is 12.3. The zero-order valence-electron chi connectivity index (χ0n) is 12.1. The number of hydrogen-bond donors (Lipinski definition) is 2. The van der Waals surface area contributed by atoms with Crippen molar-refractivity contribution in [1.82, 2.24) is 5.32 Å². The summed E-state index contributed by atoms with van der Waals surface area (Å²) in [4.78, 5) is 22.8. The Balaban J connectivity index is 2.15. The molecule has 0 aliphatic carbocycles. The first-order chi connectivity index (χ1) is 9.97. The van der Waals surface area contributed by atoms with E-state index in [1.54, 1.807) is 13.1 Å². The Bertz CT molecular complexity index is 556. The molecule has 0 aromatic heterocycles. The van der Waals surface area contributed by atoms with Gasteiger partial charge in [-0.15, -0.1) is 0 Å². The van der Waals surface area contributed by atoms with Gasteiger partial charge in [-0.3, -0.25) is 14.9 Å². The lowest BCUT2D eigenvalue weighted by Crippen LogP contribution is -2.37. The number of thioether (sulfide) groups is 1. The highest BCUT2D eigenvalue weighted by Gasteiger charge is 2.30. The van der Waals surface area contributed by atoms with Crippen LogP contribution in [0.15, 0.2) is 18.2 Å². The molecule has 6 nitrogen and oxygen atoms in total. The van der Waals surface area contributed by atoms with Gasteiger partial charge in [-0.1, -0.05) is 6.07 Å². The number of nitro groups is 1. The van der Waals surface area contributed by atoms with Crippen molar-refractivity contribution < 1.29 is 9.72 Å². The Hall–Kier alpha value is -1.76. The number of amides is 1. The molecule has 1 aromatic carbocycles. The van der Waals surface area contributed by atoms with Crippen molar-refractivity contribution in [2.45, 2.75) is 24.5 Å². The second kappa shape index (κ2) is 6.34. The number of nitro benzene ring substituents is 1. The molecule has 0 saturated carbocycles. The van der Waals surface area contributed by atoms with Crippen LogP contribution in [-0.4, -0.2) is 34.9 Å². The maximum Gasteiger partial charge on any atom is 0.293 e. The van der Waals surface area contributed by atoms with Crippen molar-refractivity contribution in [1.29, 1.82) is 0 Å². The Kier molecular flexibility index (Phi) is 4.72. The standard InChI is InChI=1S/C14H19N3O3S/c1-14(7-4-8-21-14)9-16-13(18)10-5-3-6-11(17(19)20)12(10)15-2/h3,5-6,15H,4,7-9H2,1-2H3,(H,16,18). The summed E-state index contributed by atoms with van der Waals surface area (Å²) in [5, 5.41) is 16.7. The van der Waals surface area contributed by atoms with E-state index in [1.165, 1.54) is 12.1 Å². The van der Waals surface area contributed by atoms with Gasteiger partial charge in [0.05, 0.1) is 10.5 Å². The first-order valence-electron chi connectivity index (χ1n) is 6.84. The fraction of sp³-hybridized carbons (Fsp3) is 0.500. The molecular weight excluding hydrogens is 290 g/mol. The van der Waals surface area contributed by atoms with Crippen LogP contribution in [0.25, 0.3) is 0 Å². The van der Waals surface area contributed by atoms with Gasteiger partial charge in [0.15, 0.2) is 0 Å². The van der Waals surface area contributed by atoms with E-state index in [1.807, 2.05) is 11.8 Å². The minimum atomic E-state index is -0.489. The minimum absolute atomic E-state index is 0.0657. The van der Waals surface area contributed by atoms with Crippen molar-refractivity contribution in [3.63, 3.8) is 0 Å². The molecule has 7 heteroatoms. The van der Waals surface area contributed by atoms with Gasteiger partial charge in [-0.2, -0.15) is 11.8 Å². The number of carbonyl (C=O) groups is 1. The molecule has 114 valence electrons. The number of nitrogens with one attached hydrogen (secondary N) is 2. The Morgan fingerprint density at radius 3 is 2.86 bits per heavy atom. The third kappa shape index (κ3) is 3.47. The number of hydrogen-bond acceptors (Lipinski definition) is 5. The molecule has 1 unspecified atom stereocenters. The topological polar surface area (TPSA) is 84.3 Å². The lowest BCUT2D eigenvalue weighted by atomic mass is 10.1. The third-order valence-electron chi connectivity index (χ3n) is 3.66. The predicted molar refractivity (Wildman–Crippen MR) is 85.1 cm³/mol. The molecule has 0 spiro atoms. The molecular formula is C14H19N3O3S. The molecule has 1 amide bonds. The number of benzene rings is 1. The zero-order chi connectivity index (χ0) is 15.5. The zero-order valence-corrected chi connectivity index (χ0v) is 13.0. The summed E-state index contributed by atoms with van der Waals surface area (Å²) in [5.41, 5.74) is 0.467. The summed E-state index contributed by atoms with van der Waals surface area (Å²) < 4.78 is 0.0657. The van der Waals surface area contributed by atoms with E-state index in [-0.39, 0.29) is 22.0 Å². The van der Waals surface area contributed by atoms with Crippen LogP contribution >= 0.6 is 11.8 Å². The summed E-state index contributed by atoms with van der Waals surface area (Å²) in [6, 6.07) is 4.51. The summed E-state index contributed by atoms with van der Waals surface area (Å²) in [5.74, 6) is 0.835. The number of nitrogens with zero attached hydrogens (tertiary/aromatic N) is 1. The van der Waals surface area contributed by atoms with E-state index in [0.29, 0.717) is 12.1 Å². The van der Waals surface area contributed by atoms with Crippen molar-refractivity contribution in [3.8, 4) is 0 Å². The van der Waals surface area contributed by atoms with Gasteiger partial charge in [0, 0.05) is 24.4 Å². The molecule has 1 aliphatic rings. The monoisotopic (exact) mass is 309 g/mol. The van der Waals surface area contributed by atoms with Gasteiger partial charge >= 0.3 is 0 Å². The first-order valence-corrected chi connectivity index (χ1v) is 7.83. The van der Waals surface area contributed by atoms with E-state index in [0.717, 1.165) is 18.6 Å². The van der Waals surface area contributed by atoms with Crippen LogP contribution in [0.1, 0.15) is 30.1 Å². The molecule has 1 saturated heterocycles. The van der Waals surface area contributed by atoms with E-state index >= 15 is 0 Å². The predicted octanol–water partition coefficient (Wildman–Crippen LogP) is 2.65. The summed E-state index contributed by atoms with van der Waals surface area (Å²) in [7, 11) is 1.58. The molecule has 2 N–H and O–H groups in total. The molecule has 1 atom stereocenters. The molecule has 0 bridgehead atoms. The number of para-hydroxylation sites is 1. The van der Waals surface area contributed by atoms with Crippen LogP contribution in [0, 0.1) is 10.1 Å². The van der Waals surface area contributed by atoms with Gasteiger partial charge in [0.1, 0.15) is 5.69 Å². The Labute approximate surface area is 127 Å². The largest absolute Gasteiger partial charge is 0.382 e. The van der Waals surface area contributed by atoms with Gasteiger partial charge in [0.25, 0.3) is 11.6 Å². The summed E-state index contributed by atoms with van der Waals surface area (Å²) in [6.45, 7) is 2.71. The number of anilines is 1. The number of carbonyl (C=O) groups excluding carboxylic acids is 1. The normalized spacial score (nSPS) is 21.0. The first kappa shape index (κ1) is 15.6. The van der Waals surface area contributed by atoms with Gasteiger partial charge in [0.2, 0.25) is 0 Å². The van der Waals surface area contributed by atoms with Crippen molar-refractivity contribution in [2.75, 3.05) is 24.7 Å². The SMILES string of the molecule is CNc1c(C(=O)NCC2(C)CCCS2)cccc1[N+](=O)[O-]. The fourth-order valence-electron chi connectivity index (χ4n) is 2.48. The fourth-order valence-corrected chi connectivity index (χ4v) is 3.73. The van der Waals surface area contributed by atoms with Crippen molar-refractivity contribution in [3.05, 3.63) is 33.9 Å². The van der Waals surface area contributed by atoms with Gasteiger partial charge in [-0.05, 0) is 31.6 Å². The van der Waals surface area contributed by atoms with Crippen LogP contribution in [0.3, 0.4) is 0 Å². The third-order valence-corrected chi connectivity index (χ3v) is 5.20. The molecule has 1 fully saturated rings. The van der Waals surface area contributed by atoms with Gasteiger partial charge in [-0.25, -0.2) is 0 Å². The van der Waals surface area contributed by atoms with Gasteiger partial charge < -0.3 is 10.6 Å². The summed E-state index contributed by atoms with van der Waals surface area (Å²) >= 11 is 1.86. The van der Waals surface area contributed by atoms with Crippen LogP contribution in [0.2, 0.25) is 0 Å². The van der Waals surface area contributed by atoms with Crippen molar-refractivity contribution in [2.24, 2.45) is 0 Å². The molecule has 1 aliphatic heterocycles. The molecule has 0 radical (unpaired) electrons. The average molecular weight is 309 g/mol. The van der Waals surface area contributed by atoms with E-state index in [4.69, 9.17) is 0 Å². The molecule has 1 heterocycles. The summed E-state index contributed by atoms with van der Waals surface area (Å²) in [6.07, 6.45) is 2.24. The quantitative estimate of drug-likeness (QED) is 0.645. The Morgan fingerprint density at radius 2 is 2.29 bits per heavy atom. The van der Waals surface area contributed by atoms with E-state index in [2.05, 4.69) is 17.6 Å². The lowest BCUT2D eigenvalue weighted by Gasteiger charge is -2.23. The smallest absolute Gasteiger partial charge is 0.293 e. The van der Waals surface area contributed by atoms with E-state index < -0.39 is 4.92 Å². The maximum atomic E-state index is 12.3. The van der Waals surface area contributed by atoms with Crippen LogP contribution in [0.4, 0.5) is 11.4 Å². The second-order valence-corrected chi connectivity index (χ2v) is 6.97. The highest BCUT2D eigenvalue weighted by molar-refractivity contribution is 8.00. The molecule has 21 heavy (non-hydrogen) atoms.